The number of primary amides is 1. The molecule has 26 heavy (non-hydrogen) atoms. The maximum atomic E-state index is 14.7. The first-order valence-electron chi connectivity index (χ1n) is 8.87. The predicted octanol–water partition coefficient (Wildman–Crippen LogP) is 2.20. The van der Waals surface area contributed by atoms with Crippen molar-refractivity contribution >= 4 is 5.91 Å². The summed E-state index contributed by atoms with van der Waals surface area (Å²) in [6.45, 7) is 7.66. The first-order chi connectivity index (χ1) is 12.3. The maximum Gasteiger partial charge on any atom is 0.225 e. The van der Waals surface area contributed by atoms with E-state index in [4.69, 9.17) is 10.5 Å². The Morgan fingerprint density at radius 2 is 2.08 bits per heavy atom. The molecule has 1 amide bonds. The smallest absolute Gasteiger partial charge is 0.225 e. The maximum absolute atomic E-state index is 14.7. The third-order valence-electron chi connectivity index (χ3n) is 5.15. The van der Waals surface area contributed by atoms with Crippen LogP contribution in [0.1, 0.15) is 44.4 Å². The molecule has 140 valence electrons. The molecule has 1 atom stereocenters. The van der Waals surface area contributed by atoms with Gasteiger partial charge in [0.25, 0.3) is 0 Å². The number of hydrogen-bond acceptors (Lipinski definition) is 4. The number of rotatable bonds is 8. The number of carbonyl (C=O) groups is 1. The van der Waals surface area contributed by atoms with Gasteiger partial charge in [0.15, 0.2) is 5.82 Å². The second-order valence-electron chi connectivity index (χ2n) is 7.36. The molecule has 0 spiro atoms. The first-order valence-corrected chi connectivity index (χ1v) is 8.87. The first kappa shape index (κ1) is 18.5. The van der Waals surface area contributed by atoms with Crippen molar-refractivity contribution in [2.45, 2.75) is 45.6 Å². The normalized spacial score (nSPS) is 20.9. The number of benzene rings is 1. The topological polar surface area (TPSA) is 83.0 Å². The van der Waals surface area contributed by atoms with E-state index in [1.54, 1.807) is 16.8 Å². The van der Waals surface area contributed by atoms with Crippen molar-refractivity contribution in [3.63, 3.8) is 0 Å². The Balaban J connectivity index is 2.08. The summed E-state index contributed by atoms with van der Waals surface area (Å²) in [6.07, 6.45) is 0.715. The standard InChI is InChI=1S/C19H25FN4O2/c1-4-26-10-9-24-17(22-16(23-24)11-15(21)25)19(12-18(19,2)3)13-7-5-6-8-14(13)20/h5-8H,4,9-12H2,1-3H3,(H2,21,25). The SMILES string of the molecule is CCOCCn1nc(CC(N)=O)nc1C1(c2ccccc2F)CC1(C)C. The highest BCUT2D eigenvalue weighted by Crippen LogP contribution is 2.67. The number of aromatic nitrogens is 3. The average molecular weight is 360 g/mol. The molecule has 0 saturated heterocycles. The van der Waals surface area contributed by atoms with Crippen LogP contribution in [0.4, 0.5) is 4.39 Å². The average Bonchev–Trinajstić information content (AvgIpc) is 2.93. The molecule has 1 aliphatic carbocycles. The molecule has 1 fully saturated rings. The van der Waals surface area contributed by atoms with Gasteiger partial charge < -0.3 is 10.5 Å². The largest absolute Gasteiger partial charge is 0.380 e. The minimum Gasteiger partial charge on any atom is -0.380 e. The highest BCUT2D eigenvalue weighted by atomic mass is 19.1. The molecule has 1 aromatic carbocycles. The number of halogens is 1. The fraction of sp³-hybridized carbons (Fsp3) is 0.526. The zero-order valence-corrected chi connectivity index (χ0v) is 15.5. The quantitative estimate of drug-likeness (QED) is 0.732. The lowest BCUT2D eigenvalue weighted by Gasteiger charge is -2.22. The summed E-state index contributed by atoms with van der Waals surface area (Å²) in [6, 6.07) is 6.79. The van der Waals surface area contributed by atoms with Crippen molar-refractivity contribution in [3.05, 3.63) is 47.3 Å². The summed E-state index contributed by atoms with van der Waals surface area (Å²) in [5.41, 5.74) is 5.17. The Bertz CT molecular complexity index is 818. The van der Waals surface area contributed by atoms with Gasteiger partial charge in [-0.15, -0.1) is 0 Å². The molecule has 1 saturated carbocycles. The number of amides is 1. The van der Waals surface area contributed by atoms with Crippen molar-refractivity contribution in [3.8, 4) is 0 Å². The number of hydrogen-bond donors (Lipinski definition) is 1. The Morgan fingerprint density at radius 3 is 2.65 bits per heavy atom. The molecule has 1 aromatic heterocycles. The number of ether oxygens (including phenoxy) is 1. The number of nitrogens with two attached hydrogens (primary N) is 1. The summed E-state index contributed by atoms with van der Waals surface area (Å²) < 4.78 is 21.8. The van der Waals surface area contributed by atoms with Gasteiger partial charge >= 0.3 is 0 Å². The number of carbonyl (C=O) groups excluding carboxylic acids is 1. The molecule has 1 unspecified atom stereocenters. The highest BCUT2D eigenvalue weighted by Gasteiger charge is 2.66. The Labute approximate surface area is 152 Å². The van der Waals surface area contributed by atoms with E-state index in [0.717, 1.165) is 6.42 Å². The van der Waals surface area contributed by atoms with Crippen LogP contribution in [0.2, 0.25) is 0 Å². The van der Waals surface area contributed by atoms with Crippen LogP contribution >= 0.6 is 0 Å². The highest BCUT2D eigenvalue weighted by molar-refractivity contribution is 5.75. The zero-order chi connectivity index (χ0) is 18.9. The van der Waals surface area contributed by atoms with Crippen LogP contribution in [0.15, 0.2) is 24.3 Å². The van der Waals surface area contributed by atoms with E-state index >= 15 is 0 Å². The van der Waals surface area contributed by atoms with E-state index in [1.807, 2.05) is 13.0 Å². The predicted molar refractivity (Wildman–Crippen MR) is 95.0 cm³/mol. The fourth-order valence-electron chi connectivity index (χ4n) is 3.77. The molecule has 0 aliphatic heterocycles. The molecule has 0 radical (unpaired) electrons. The Hall–Kier alpha value is -2.28. The van der Waals surface area contributed by atoms with Crippen molar-refractivity contribution in [2.24, 2.45) is 11.1 Å². The van der Waals surface area contributed by atoms with Crippen LogP contribution in [0.25, 0.3) is 0 Å². The summed E-state index contributed by atoms with van der Waals surface area (Å²) >= 11 is 0. The van der Waals surface area contributed by atoms with E-state index in [9.17, 15) is 9.18 Å². The minimum atomic E-state index is -0.576. The Kier molecular flexibility index (Phi) is 4.84. The van der Waals surface area contributed by atoms with Crippen molar-refractivity contribution in [1.82, 2.24) is 14.8 Å². The Morgan fingerprint density at radius 1 is 1.38 bits per heavy atom. The van der Waals surface area contributed by atoms with Crippen molar-refractivity contribution < 1.29 is 13.9 Å². The second-order valence-corrected chi connectivity index (χ2v) is 7.36. The van der Waals surface area contributed by atoms with E-state index in [2.05, 4.69) is 23.9 Å². The van der Waals surface area contributed by atoms with Gasteiger partial charge in [-0.25, -0.2) is 14.1 Å². The van der Waals surface area contributed by atoms with Crippen molar-refractivity contribution in [2.75, 3.05) is 13.2 Å². The molecule has 3 rings (SSSR count). The molecular weight excluding hydrogens is 335 g/mol. The van der Waals surface area contributed by atoms with Gasteiger partial charge in [0.05, 0.1) is 25.0 Å². The molecule has 2 N–H and O–H groups in total. The molecule has 7 heteroatoms. The van der Waals surface area contributed by atoms with E-state index < -0.39 is 11.3 Å². The summed E-state index contributed by atoms with van der Waals surface area (Å²) in [5, 5.41) is 4.45. The van der Waals surface area contributed by atoms with Crippen LogP contribution in [0.3, 0.4) is 0 Å². The third kappa shape index (κ3) is 3.11. The second kappa shape index (κ2) is 6.79. The van der Waals surface area contributed by atoms with Crippen LogP contribution in [-0.2, 0) is 27.9 Å². The van der Waals surface area contributed by atoms with E-state index in [1.165, 1.54) is 6.07 Å². The monoisotopic (exact) mass is 360 g/mol. The molecule has 6 nitrogen and oxygen atoms in total. The fourth-order valence-corrected chi connectivity index (χ4v) is 3.77. The molecule has 0 bridgehead atoms. The van der Waals surface area contributed by atoms with Gasteiger partial charge in [-0.3, -0.25) is 4.79 Å². The lowest BCUT2D eigenvalue weighted by molar-refractivity contribution is -0.117. The molecule has 2 aromatic rings. The lowest BCUT2D eigenvalue weighted by atomic mass is 9.86. The zero-order valence-electron chi connectivity index (χ0n) is 15.5. The molecular formula is C19H25FN4O2. The lowest BCUT2D eigenvalue weighted by Crippen LogP contribution is -2.25. The van der Waals surface area contributed by atoms with E-state index in [0.29, 0.717) is 37.0 Å². The van der Waals surface area contributed by atoms with Gasteiger partial charge in [0.1, 0.15) is 11.6 Å². The number of nitrogens with zero attached hydrogens (tertiary/aromatic N) is 3. The molecule has 1 heterocycles. The summed E-state index contributed by atoms with van der Waals surface area (Å²) in [4.78, 5) is 15.9. The summed E-state index contributed by atoms with van der Waals surface area (Å²) in [7, 11) is 0. The van der Waals surface area contributed by atoms with Crippen LogP contribution < -0.4 is 5.73 Å². The third-order valence-corrected chi connectivity index (χ3v) is 5.15. The van der Waals surface area contributed by atoms with Crippen LogP contribution in [0, 0.1) is 11.2 Å². The minimum absolute atomic E-state index is 0.0393. The van der Waals surface area contributed by atoms with Gasteiger partial charge in [-0.05, 0) is 24.8 Å². The van der Waals surface area contributed by atoms with Gasteiger partial charge in [-0.1, -0.05) is 32.0 Å². The van der Waals surface area contributed by atoms with Gasteiger partial charge in [0, 0.05) is 12.2 Å². The van der Waals surface area contributed by atoms with Crippen LogP contribution in [-0.4, -0.2) is 33.9 Å². The van der Waals surface area contributed by atoms with Crippen LogP contribution in [0.5, 0.6) is 0 Å². The van der Waals surface area contributed by atoms with Gasteiger partial charge in [0.2, 0.25) is 5.91 Å². The van der Waals surface area contributed by atoms with E-state index in [-0.39, 0.29) is 17.7 Å². The molecule has 1 aliphatic rings. The van der Waals surface area contributed by atoms with Gasteiger partial charge in [-0.2, -0.15) is 5.10 Å². The van der Waals surface area contributed by atoms with Crippen molar-refractivity contribution in [1.29, 1.82) is 0 Å². The summed E-state index contributed by atoms with van der Waals surface area (Å²) in [5.74, 6) is 0.286.